The Morgan fingerprint density at radius 3 is 2.94 bits per heavy atom. The van der Waals surface area contributed by atoms with Crippen LogP contribution in [0.5, 0.6) is 0 Å². The van der Waals surface area contributed by atoms with Crippen LogP contribution in [0.3, 0.4) is 0 Å². The Kier molecular flexibility index (Phi) is 4.12. The molecule has 0 radical (unpaired) electrons. The maximum absolute atomic E-state index is 11.5. The highest BCUT2D eigenvalue weighted by Gasteiger charge is 2.36. The minimum atomic E-state index is -0.0328. The summed E-state index contributed by atoms with van der Waals surface area (Å²) in [6.45, 7) is 6.06. The molecule has 0 aliphatic heterocycles. The van der Waals surface area contributed by atoms with Gasteiger partial charge in [-0.25, -0.2) is 0 Å². The molecule has 0 spiro atoms. The third-order valence-electron chi connectivity index (χ3n) is 3.23. The minimum Gasteiger partial charge on any atom is -0.466 e. The Bertz CT molecular complexity index is 452. The van der Waals surface area contributed by atoms with E-state index < -0.39 is 0 Å². The second-order valence-corrected chi connectivity index (χ2v) is 5.45. The van der Waals surface area contributed by atoms with Crippen LogP contribution in [0.15, 0.2) is 28.2 Å². The molecular weight excluding hydrogens is 250 g/mol. The number of amides is 1. The van der Waals surface area contributed by atoms with Gasteiger partial charge in [0.2, 0.25) is 5.91 Å². The first-order valence-electron chi connectivity index (χ1n) is 6.25. The SMILES string of the molecule is C=C(Cl)CNC(=O)CCc1ccc(C2CC2C)o1. The van der Waals surface area contributed by atoms with Crippen molar-refractivity contribution in [1.29, 1.82) is 0 Å². The molecule has 0 saturated heterocycles. The maximum Gasteiger partial charge on any atom is 0.220 e. The van der Waals surface area contributed by atoms with Crippen molar-refractivity contribution in [2.45, 2.75) is 32.1 Å². The van der Waals surface area contributed by atoms with Gasteiger partial charge in [0.25, 0.3) is 0 Å². The van der Waals surface area contributed by atoms with Crippen molar-refractivity contribution >= 4 is 17.5 Å². The summed E-state index contributed by atoms with van der Waals surface area (Å²) >= 11 is 5.57. The van der Waals surface area contributed by atoms with Crippen molar-refractivity contribution in [3.8, 4) is 0 Å². The van der Waals surface area contributed by atoms with Gasteiger partial charge in [-0.05, 0) is 24.5 Å². The average molecular weight is 268 g/mol. The van der Waals surface area contributed by atoms with Crippen molar-refractivity contribution in [3.63, 3.8) is 0 Å². The number of carbonyl (C=O) groups is 1. The van der Waals surface area contributed by atoms with E-state index in [9.17, 15) is 4.79 Å². The molecule has 2 atom stereocenters. The van der Waals surface area contributed by atoms with Crippen LogP contribution in [-0.4, -0.2) is 12.5 Å². The predicted octanol–water partition coefficient (Wildman–Crippen LogP) is 3.20. The molecule has 1 aromatic heterocycles. The Balaban J connectivity index is 1.74. The lowest BCUT2D eigenvalue weighted by molar-refractivity contribution is -0.120. The van der Waals surface area contributed by atoms with E-state index in [-0.39, 0.29) is 5.91 Å². The van der Waals surface area contributed by atoms with Gasteiger partial charge >= 0.3 is 0 Å². The molecule has 0 aromatic carbocycles. The van der Waals surface area contributed by atoms with Gasteiger partial charge in [-0.15, -0.1) is 0 Å². The highest BCUT2D eigenvalue weighted by molar-refractivity contribution is 6.29. The van der Waals surface area contributed by atoms with Gasteiger partial charge in [0.15, 0.2) is 0 Å². The normalized spacial score (nSPS) is 21.7. The summed E-state index contributed by atoms with van der Waals surface area (Å²) in [7, 11) is 0. The van der Waals surface area contributed by atoms with E-state index in [4.69, 9.17) is 16.0 Å². The van der Waals surface area contributed by atoms with Gasteiger partial charge in [-0.2, -0.15) is 0 Å². The summed E-state index contributed by atoms with van der Waals surface area (Å²) in [5, 5.41) is 3.13. The van der Waals surface area contributed by atoms with Crippen molar-refractivity contribution < 1.29 is 9.21 Å². The lowest BCUT2D eigenvalue weighted by Gasteiger charge is -2.02. The minimum absolute atomic E-state index is 0.0328. The molecule has 1 heterocycles. The van der Waals surface area contributed by atoms with Crippen LogP contribution in [0.1, 0.15) is 37.2 Å². The first-order chi connectivity index (χ1) is 8.56. The van der Waals surface area contributed by atoms with Crippen molar-refractivity contribution in [2.24, 2.45) is 5.92 Å². The number of furan rings is 1. The van der Waals surface area contributed by atoms with Gasteiger partial charge in [-0.3, -0.25) is 4.79 Å². The smallest absolute Gasteiger partial charge is 0.220 e. The average Bonchev–Trinajstić information content (AvgIpc) is 2.88. The summed E-state index contributed by atoms with van der Waals surface area (Å²) < 4.78 is 5.73. The largest absolute Gasteiger partial charge is 0.466 e. The van der Waals surface area contributed by atoms with Crippen LogP contribution in [0.25, 0.3) is 0 Å². The quantitative estimate of drug-likeness (QED) is 0.860. The summed E-state index contributed by atoms with van der Waals surface area (Å²) in [4.78, 5) is 11.5. The van der Waals surface area contributed by atoms with Crippen LogP contribution >= 0.6 is 11.6 Å². The summed E-state index contributed by atoms with van der Waals surface area (Å²) in [6, 6.07) is 4.00. The van der Waals surface area contributed by atoms with Crippen molar-refractivity contribution in [3.05, 3.63) is 35.3 Å². The first-order valence-corrected chi connectivity index (χ1v) is 6.62. The van der Waals surface area contributed by atoms with Crippen LogP contribution in [0, 0.1) is 5.92 Å². The van der Waals surface area contributed by atoms with Crippen LogP contribution in [0.4, 0.5) is 0 Å². The number of halogens is 1. The van der Waals surface area contributed by atoms with E-state index in [1.54, 1.807) is 0 Å². The number of carbonyl (C=O) groups excluding carboxylic acids is 1. The van der Waals surface area contributed by atoms with Gasteiger partial charge in [0.1, 0.15) is 11.5 Å². The predicted molar refractivity (Wildman–Crippen MR) is 71.6 cm³/mol. The number of rotatable bonds is 6. The lowest BCUT2D eigenvalue weighted by Crippen LogP contribution is -2.24. The molecule has 2 rings (SSSR count). The molecule has 1 amide bonds. The fraction of sp³-hybridized carbons (Fsp3) is 0.500. The molecule has 1 aliphatic carbocycles. The zero-order valence-electron chi connectivity index (χ0n) is 10.5. The Hall–Kier alpha value is -1.22. The summed E-state index contributed by atoms with van der Waals surface area (Å²) in [6.07, 6.45) is 2.25. The number of hydrogen-bond acceptors (Lipinski definition) is 2. The van der Waals surface area contributed by atoms with Crippen molar-refractivity contribution in [2.75, 3.05) is 6.54 Å². The Labute approximate surface area is 112 Å². The molecule has 0 bridgehead atoms. The van der Waals surface area contributed by atoms with Gasteiger partial charge < -0.3 is 9.73 Å². The molecule has 3 nitrogen and oxygen atoms in total. The Morgan fingerprint density at radius 2 is 2.33 bits per heavy atom. The third-order valence-corrected chi connectivity index (χ3v) is 3.37. The standard InChI is InChI=1S/C14H18ClNO2/c1-9-7-12(9)13-5-3-11(18-13)4-6-14(17)16-8-10(2)15/h3,5,9,12H,2,4,6-8H2,1H3,(H,16,17). The second kappa shape index (κ2) is 5.61. The second-order valence-electron chi connectivity index (χ2n) is 4.92. The molecule has 1 N–H and O–H groups in total. The molecule has 1 aromatic rings. The van der Waals surface area contributed by atoms with Crippen LogP contribution in [-0.2, 0) is 11.2 Å². The highest BCUT2D eigenvalue weighted by atomic mass is 35.5. The van der Waals surface area contributed by atoms with Crippen molar-refractivity contribution in [1.82, 2.24) is 5.32 Å². The third kappa shape index (κ3) is 3.64. The lowest BCUT2D eigenvalue weighted by atomic mass is 10.2. The monoisotopic (exact) mass is 267 g/mol. The number of hydrogen-bond donors (Lipinski definition) is 1. The maximum atomic E-state index is 11.5. The van der Waals surface area contributed by atoms with E-state index in [2.05, 4.69) is 18.8 Å². The fourth-order valence-electron chi connectivity index (χ4n) is 1.97. The van der Waals surface area contributed by atoms with Crippen LogP contribution < -0.4 is 5.32 Å². The molecule has 18 heavy (non-hydrogen) atoms. The number of nitrogens with one attached hydrogen (secondary N) is 1. The molecule has 1 aliphatic rings. The molecule has 98 valence electrons. The molecule has 1 saturated carbocycles. The fourth-order valence-corrected chi connectivity index (χ4v) is 2.03. The van der Waals surface area contributed by atoms with E-state index in [1.807, 2.05) is 12.1 Å². The zero-order chi connectivity index (χ0) is 13.1. The summed E-state index contributed by atoms with van der Waals surface area (Å²) in [5.74, 6) is 3.24. The van der Waals surface area contributed by atoms with E-state index in [1.165, 1.54) is 6.42 Å². The van der Waals surface area contributed by atoms with E-state index in [0.29, 0.717) is 30.3 Å². The van der Waals surface area contributed by atoms with Gasteiger partial charge in [0, 0.05) is 23.8 Å². The molecule has 1 fully saturated rings. The molecule has 2 unspecified atom stereocenters. The van der Waals surface area contributed by atoms with E-state index >= 15 is 0 Å². The number of aryl methyl sites for hydroxylation is 1. The van der Waals surface area contributed by atoms with Gasteiger partial charge in [0.05, 0.1) is 6.54 Å². The Morgan fingerprint density at radius 1 is 1.61 bits per heavy atom. The van der Waals surface area contributed by atoms with Crippen LogP contribution in [0.2, 0.25) is 0 Å². The topological polar surface area (TPSA) is 42.2 Å². The first kappa shape index (κ1) is 13.2. The molecular formula is C14H18ClNO2. The summed E-state index contributed by atoms with van der Waals surface area (Å²) in [5.41, 5.74) is 0. The van der Waals surface area contributed by atoms with Gasteiger partial charge in [-0.1, -0.05) is 25.1 Å². The molecule has 4 heteroatoms. The van der Waals surface area contributed by atoms with E-state index in [0.717, 1.165) is 17.4 Å². The highest BCUT2D eigenvalue weighted by Crippen LogP contribution is 2.47. The zero-order valence-corrected chi connectivity index (χ0v) is 11.3.